The summed E-state index contributed by atoms with van der Waals surface area (Å²) in [6.45, 7) is 3.38. The van der Waals surface area contributed by atoms with E-state index in [0.717, 1.165) is 16.2 Å². The maximum atomic E-state index is 12.0. The van der Waals surface area contributed by atoms with Crippen LogP contribution in [-0.2, 0) is 11.2 Å². The molecular weight excluding hydrogens is 272 g/mol. The highest BCUT2D eigenvalue weighted by Gasteiger charge is 2.28. The number of likely N-dealkylation sites (N-methyl/N-ethyl adjacent to an activating group) is 1. The number of rotatable bonds is 2. The number of fused-ring (bicyclic) bond motifs is 1. The van der Waals surface area contributed by atoms with Crippen LogP contribution in [0.4, 0.5) is 21.0 Å². The predicted molar refractivity (Wildman–Crippen MR) is 77.3 cm³/mol. The van der Waals surface area contributed by atoms with Crippen molar-refractivity contribution in [1.29, 1.82) is 0 Å². The van der Waals surface area contributed by atoms with Gasteiger partial charge in [0.25, 0.3) is 0 Å². The molecule has 3 rings (SSSR count). The quantitative estimate of drug-likeness (QED) is 0.856. The zero-order valence-corrected chi connectivity index (χ0v) is 11.7. The summed E-state index contributed by atoms with van der Waals surface area (Å²) >= 11 is 0. The third kappa shape index (κ3) is 2.31. The Hall–Kier alpha value is -2.57. The number of nitrogens with zero attached hydrogens (tertiary/aromatic N) is 2. The molecule has 1 aromatic rings. The van der Waals surface area contributed by atoms with Gasteiger partial charge in [-0.05, 0) is 30.7 Å². The summed E-state index contributed by atoms with van der Waals surface area (Å²) in [5, 5.41) is 5.26. The van der Waals surface area contributed by atoms with Gasteiger partial charge in [-0.1, -0.05) is 0 Å². The zero-order chi connectivity index (χ0) is 15.0. The lowest BCUT2D eigenvalue weighted by Crippen LogP contribution is -2.37. The van der Waals surface area contributed by atoms with Crippen molar-refractivity contribution in [1.82, 2.24) is 10.2 Å². The molecule has 2 N–H and O–H groups in total. The second kappa shape index (κ2) is 5.08. The maximum absolute atomic E-state index is 12.0. The van der Waals surface area contributed by atoms with E-state index in [4.69, 9.17) is 0 Å². The van der Waals surface area contributed by atoms with Gasteiger partial charge in [-0.15, -0.1) is 0 Å². The highest BCUT2D eigenvalue weighted by molar-refractivity contribution is 6.04. The second-order valence-electron chi connectivity index (χ2n) is 4.97. The van der Waals surface area contributed by atoms with Crippen molar-refractivity contribution in [2.45, 2.75) is 13.3 Å². The minimum absolute atomic E-state index is 0.0647. The van der Waals surface area contributed by atoms with E-state index in [1.165, 1.54) is 0 Å². The van der Waals surface area contributed by atoms with E-state index in [1.807, 2.05) is 13.0 Å². The molecule has 0 atom stereocenters. The number of hydrogen-bond acceptors (Lipinski definition) is 3. The first-order valence-electron chi connectivity index (χ1n) is 6.90. The Labute approximate surface area is 121 Å². The van der Waals surface area contributed by atoms with Crippen LogP contribution in [0.5, 0.6) is 0 Å². The van der Waals surface area contributed by atoms with Crippen LogP contribution in [0.3, 0.4) is 0 Å². The number of urea groups is 2. The van der Waals surface area contributed by atoms with E-state index in [0.29, 0.717) is 31.7 Å². The van der Waals surface area contributed by atoms with Crippen molar-refractivity contribution >= 4 is 29.3 Å². The number of nitrogens with one attached hydrogen (secondary N) is 2. The van der Waals surface area contributed by atoms with Crippen LogP contribution in [0.2, 0.25) is 0 Å². The van der Waals surface area contributed by atoms with Crippen molar-refractivity contribution in [3.63, 3.8) is 0 Å². The van der Waals surface area contributed by atoms with Gasteiger partial charge < -0.3 is 15.5 Å². The fourth-order valence-electron chi connectivity index (χ4n) is 2.66. The Bertz CT molecular complexity index is 629. The van der Waals surface area contributed by atoms with Gasteiger partial charge in [0.05, 0.1) is 6.42 Å². The Balaban J connectivity index is 1.76. The number of hydrogen-bond donors (Lipinski definition) is 2. The fraction of sp³-hybridized carbons (Fsp3) is 0.357. The number of imide groups is 1. The summed E-state index contributed by atoms with van der Waals surface area (Å²) in [4.78, 5) is 38.1. The molecular formula is C14H16N4O3. The predicted octanol–water partition coefficient (Wildman–Crippen LogP) is 1.15. The first-order chi connectivity index (χ1) is 10.1. The van der Waals surface area contributed by atoms with E-state index in [9.17, 15) is 14.4 Å². The number of anilines is 2. The molecule has 1 saturated heterocycles. The van der Waals surface area contributed by atoms with Crippen molar-refractivity contribution in [2.75, 3.05) is 29.9 Å². The van der Waals surface area contributed by atoms with Crippen LogP contribution < -0.4 is 15.5 Å². The third-order valence-corrected chi connectivity index (χ3v) is 3.68. The minimum Gasteiger partial charge on any atom is -0.336 e. The highest BCUT2D eigenvalue weighted by Crippen LogP contribution is 2.31. The van der Waals surface area contributed by atoms with Crippen molar-refractivity contribution in [3.8, 4) is 0 Å². The standard InChI is InChI=1S/C14H16N4O3/c1-2-17-11-4-3-10(7-9(11)8-12(17)19)16-14(21)18-6-5-15-13(18)20/h3-4,7H,2,5-6,8H2,1H3,(H,15,20)(H,16,21). The minimum atomic E-state index is -0.457. The van der Waals surface area contributed by atoms with E-state index < -0.39 is 6.03 Å². The molecule has 1 aromatic carbocycles. The third-order valence-electron chi connectivity index (χ3n) is 3.68. The normalized spacial score (nSPS) is 17.0. The molecule has 0 spiro atoms. The first-order valence-corrected chi connectivity index (χ1v) is 6.90. The summed E-state index contributed by atoms with van der Waals surface area (Å²) in [5.41, 5.74) is 2.37. The summed E-state index contributed by atoms with van der Waals surface area (Å²) < 4.78 is 0. The fourth-order valence-corrected chi connectivity index (χ4v) is 2.66. The molecule has 0 radical (unpaired) electrons. The average Bonchev–Trinajstić information content (AvgIpc) is 3.00. The molecule has 21 heavy (non-hydrogen) atoms. The first kappa shape index (κ1) is 13.4. The lowest BCUT2D eigenvalue weighted by Gasteiger charge is -2.16. The van der Waals surface area contributed by atoms with Crippen LogP contribution in [0.15, 0.2) is 18.2 Å². The van der Waals surface area contributed by atoms with Gasteiger partial charge in [0.1, 0.15) is 0 Å². The number of carbonyl (C=O) groups is 3. The number of carbonyl (C=O) groups excluding carboxylic acids is 3. The van der Waals surface area contributed by atoms with Gasteiger partial charge in [-0.3, -0.25) is 4.79 Å². The Morgan fingerprint density at radius 3 is 2.86 bits per heavy atom. The zero-order valence-electron chi connectivity index (χ0n) is 11.7. The van der Waals surface area contributed by atoms with Crippen molar-refractivity contribution in [2.24, 2.45) is 0 Å². The molecule has 2 aliphatic rings. The molecule has 7 heteroatoms. The van der Waals surface area contributed by atoms with E-state index in [2.05, 4.69) is 10.6 Å². The van der Waals surface area contributed by atoms with Gasteiger partial charge in [0.15, 0.2) is 0 Å². The van der Waals surface area contributed by atoms with Gasteiger partial charge in [-0.2, -0.15) is 0 Å². The molecule has 0 aromatic heterocycles. The van der Waals surface area contributed by atoms with Gasteiger partial charge in [-0.25, -0.2) is 14.5 Å². The van der Waals surface area contributed by atoms with Crippen LogP contribution in [0.25, 0.3) is 0 Å². The van der Waals surface area contributed by atoms with Crippen molar-refractivity contribution in [3.05, 3.63) is 23.8 Å². The highest BCUT2D eigenvalue weighted by atomic mass is 16.2. The molecule has 1 fully saturated rings. The Morgan fingerprint density at radius 1 is 1.38 bits per heavy atom. The summed E-state index contributed by atoms with van der Waals surface area (Å²) in [6.07, 6.45) is 0.344. The molecule has 110 valence electrons. The summed E-state index contributed by atoms with van der Waals surface area (Å²) in [6, 6.07) is 4.51. The van der Waals surface area contributed by atoms with Crippen LogP contribution in [-0.4, -0.2) is 42.5 Å². The monoisotopic (exact) mass is 288 g/mol. The van der Waals surface area contributed by atoms with Gasteiger partial charge in [0.2, 0.25) is 5.91 Å². The second-order valence-corrected chi connectivity index (χ2v) is 4.97. The van der Waals surface area contributed by atoms with Crippen molar-refractivity contribution < 1.29 is 14.4 Å². The molecule has 0 bridgehead atoms. The van der Waals surface area contributed by atoms with Gasteiger partial charge in [0, 0.05) is 31.0 Å². The maximum Gasteiger partial charge on any atom is 0.330 e. The molecule has 2 heterocycles. The molecule has 2 aliphatic heterocycles. The van der Waals surface area contributed by atoms with Crippen LogP contribution >= 0.6 is 0 Å². The van der Waals surface area contributed by atoms with E-state index >= 15 is 0 Å². The Kier molecular flexibility index (Phi) is 3.25. The molecule has 5 amide bonds. The largest absolute Gasteiger partial charge is 0.336 e. The topological polar surface area (TPSA) is 81.8 Å². The average molecular weight is 288 g/mol. The number of amides is 5. The van der Waals surface area contributed by atoms with E-state index in [-0.39, 0.29) is 11.9 Å². The lowest BCUT2D eigenvalue weighted by molar-refractivity contribution is -0.117. The number of benzene rings is 1. The molecule has 0 aliphatic carbocycles. The SMILES string of the molecule is CCN1C(=O)Cc2cc(NC(=O)N3CCNC3=O)ccc21. The Morgan fingerprint density at radius 2 is 2.19 bits per heavy atom. The van der Waals surface area contributed by atoms with Crippen LogP contribution in [0.1, 0.15) is 12.5 Å². The lowest BCUT2D eigenvalue weighted by atomic mass is 10.1. The van der Waals surface area contributed by atoms with Crippen LogP contribution in [0, 0.1) is 0 Å². The molecule has 0 unspecified atom stereocenters. The summed E-state index contributed by atoms with van der Waals surface area (Å²) in [5.74, 6) is 0.0647. The summed E-state index contributed by atoms with van der Waals surface area (Å²) in [7, 11) is 0. The smallest absolute Gasteiger partial charge is 0.330 e. The molecule has 0 saturated carbocycles. The van der Waals surface area contributed by atoms with E-state index in [1.54, 1.807) is 17.0 Å². The van der Waals surface area contributed by atoms with Gasteiger partial charge >= 0.3 is 12.1 Å². The molecule has 7 nitrogen and oxygen atoms in total.